The topological polar surface area (TPSA) is 354 Å². The third-order valence-electron chi connectivity index (χ3n) is 19.1. The summed E-state index contributed by atoms with van der Waals surface area (Å²) in [6.45, 7) is 3.27. The molecule has 109 heavy (non-hydrogen) atoms. The number of carbonyl (C=O) groups excluding carboxylic acids is 3. The van der Waals surface area contributed by atoms with Crippen molar-refractivity contribution in [2.45, 2.75) is 125 Å². The molecule has 1 aliphatic carbocycles. The first kappa shape index (κ1) is 73.7. The van der Waals surface area contributed by atoms with Crippen LogP contribution < -0.4 is 32.6 Å². The minimum absolute atomic E-state index is 0.00388. The fourth-order valence-electron chi connectivity index (χ4n) is 13.7. The van der Waals surface area contributed by atoms with Crippen LogP contribution in [0.3, 0.4) is 0 Å². The van der Waals surface area contributed by atoms with Crippen molar-refractivity contribution in [3.63, 3.8) is 0 Å². The SMILES string of the molecule is CC1(c2ccc(Cl)cc2)C(=O)Nc2nc(-c3cn4ncnc4c(CCCC(F)(F)F)n3)[nH]c(=O)c21.CC1(c2ccccc2)C(=O)Nc2nc(-c3cn4ncnc4c(CCCC(F)(F)F)n3)[nH]c(=O)c21.O=C1Nc2nc(-c3cn4ncnc4c(CCCC(F)(F)F)n3)[nH]c(=O)c2C1(c1ccc(C(F)(F)F)cc1)C1CC1. The summed E-state index contributed by atoms with van der Waals surface area (Å²) in [5, 5.41) is 20.6. The number of hydrogen-bond donors (Lipinski definition) is 6. The molecule has 0 radical (unpaired) electrons. The number of rotatable bonds is 16. The number of aryl methyl sites for hydroxylation is 3. The molecule has 1 saturated carbocycles. The Morgan fingerprint density at radius 1 is 0.440 bits per heavy atom. The van der Waals surface area contributed by atoms with Gasteiger partial charge in [0.1, 0.15) is 69.8 Å². The summed E-state index contributed by atoms with van der Waals surface area (Å²) in [5.41, 5.74) is -2.87. The number of H-pyrrole nitrogens is 3. The number of hydrogen-bond acceptors (Lipinski definition) is 18. The van der Waals surface area contributed by atoms with Crippen molar-refractivity contribution in [1.29, 1.82) is 0 Å². The van der Waals surface area contributed by atoms with Gasteiger partial charge in [-0.1, -0.05) is 66.2 Å². The van der Waals surface area contributed by atoms with Crippen LogP contribution in [0.2, 0.25) is 5.02 Å². The summed E-state index contributed by atoms with van der Waals surface area (Å²) >= 11 is 5.97. The number of carbonyl (C=O) groups is 3. The molecule has 0 bridgehead atoms. The molecule has 27 nitrogen and oxygen atoms in total. The molecule has 3 unspecified atom stereocenters. The maximum absolute atomic E-state index is 13.5. The summed E-state index contributed by atoms with van der Waals surface area (Å²) in [7, 11) is 0. The van der Waals surface area contributed by atoms with Gasteiger partial charge in [-0.25, -0.2) is 58.4 Å². The van der Waals surface area contributed by atoms with Crippen molar-refractivity contribution in [2.24, 2.45) is 5.92 Å². The van der Waals surface area contributed by atoms with E-state index < -0.39 is 100 Å². The average molecular weight is 1540 g/mol. The molecule has 3 aromatic carbocycles. The Kier molecular flexibility index (Phi) is 18.6. The molecule has 40 heteroatoms. The van der Waals surface area contributed by atoms with Gasteiger partial charge in [0.2, 0.25) is 17.7 Å². The second-order valence-corrected chi connectivity index (χ2v) is 26.7. The first-order valence-electron chi connectivity index (χ1n) is 33.3. The molecular weight excluding hydrogens is 1480 g/mol. The van der Waals surface area contributed by atoms with Crippen molar-refractivity contribution in [1.82, 2.24) is 88.6 Å². The van der Waals surface area contributed by atoms with Gasteiger partial charge in [0.05, 0.1) is 57.9 Å². The molecule has 0 saturated heterocycles. The number of aromatic amines is 3. The molecule has 3 aliphatic heterocycles. The fourth-order valence-corrected chi connectivity index (χ4v) is 13.8. The minimum atomic E-state index is -4.57. The lowest BCUT2D eigenvalue weighted by Crippen LogP contribution is -2.41. The standard InChI is InChI=1S/C25H19F6N7O2.C22H17ClF3N7O2.C22H18F3N7O2/c26-23(27,28)9-1-2-15-20-32-11-33-38(20)10-16(34-15)18-35-19-17(21(39)36-18)24(12-3-4-12,22(40)37-19)13-5-7-14(8-6-13)25(29,30)31;1-21(11-4-6-12(23)7-5-11)15-17(32-20(21)35)30-16(31-19(15)34)14-9-33-18(27-10-28-33)13(29-14)3-2-8-22(24,25)26;1-21(12-6-3-2-4-7-12)15-17(31-20(21)34)29-16(30-19(15)33)14-10-32-18(26-11-27-32)13(28-14)8-5-9-22(23,24)25/h5-8,10-12H,1-4,9H2,(H2,35,36,37,39,40);4-7,9-10H,2-3,8H2,1H3,(H2,30,31,32,34,35);2-4,6-7,10-11H,5,8-9H2,1H3,(H2,29,30,31,33,34). The van der Waals surface area contributed by atoms with Gasteiger partial charge in [0, 0.05) is 24.3 Å². The number of benzene rings is 3. The molecule has 12 heterocycles. The lowest BCUT2D eigenvalue weighted by Gasteiger charge is -2.27. The molecule has 3 amide bonds. The van der Waals surface area contributed by atoms with Crippen molar-refractivity contribution in [3.05, 3.63) is 209 Å². The zero-order chi connectivity index (χ0) is 77.5. The van der Waals surface area contributed by atoms with E-state index in [2.05, 4.69) is 91.1 Å². The zero-order valence-corrected chi connectivity index (χ0v) is 57.2. The van der Waals surface area contributed by atoms with Crippen molar-refractivity contribution in [3.8, 4) is 34.6 Å². The maximum atomic E-state index is 13.5. The van der Waals surface area contributed by atoms with E-state index in [0.29, 0.717) is 46.0 Å². The number of alkyl halides is 12. The highest BCUT2D eigenvalue weighted by molar-refractivity contribution is 6.30. The van der Waals surface area contributed by atoms with E-state index in [1.54, 1.807) is 62.4 Å². The highest BCUT2D eigenvalue weighted by Crippen LogP contribution is 2.55. The smallest absolute Gasteiger partial charge is 0.309 e. The summed E-state index contributed by atoms with van der Waals surface area (Å²) in [6.07, 6.45) is -11.9. The Hall–Kier alpha value is -12.2. The van der Waals surface area contributed by atoms with E-state index in [0.717, 1.165) is 12.1 Å². The predicted octanol–water partition coefficient (Wildman–Crippen LogP) is 11.1. The fraction of sp³-hybridized carbons (Fsp3) is 0.304. The van der Waals surface area contributed by atoms with Crippen LogP contribution in [0.4, 0.5) is 70.1 Å². The van der Waals surface area contributed by atoms with Gasteiger partial charge >= 0.3 is 24.7 Å². The Labute approximate surface area is 607 Å². The molecule has 0 spiro atoms. The number of aromatic nitrogens is 18. The van der Waals surface area contributed by atoms with Gasteiger partial charge in [0.15, 0.2) is 34.4 Å². The van der Waals surface area contributed by atoms with Gasteiger partial charge in [-0.15, -0.1) is 0 Å². The van der Waals surface area contributed by atoms with E-state index >= 15 is 0 Å². The number of halogens is 13. The number of amides is 3. The summed E-state index contributed by atoms with van der Waals surface area (Å²) < 4.78 is 157. The Morgan fingerprint density at radius 3 is 1.16 bits per heavy atom. The van der Waals surface area contributed by atoms with Crippen LogP contribution in [0, 0.1) is 5.92 Å². The van der Waals surface area contributed by atoms with E-state index in [1.807, 2.05) is 6.07 Å². The summed E-state index contributed by atoms with van der Waals surface area (Å²) in [4.78, 5) is 126. The second-order valence-electron chi connectivity index (χ2n) is 26.3. The maximum Gasteiger partial charge on any atom is 0.416 e. The highest BCUT2D eigenvalue weighted by Gasteiger charge is 2.60. The Morgan fingerprint density at radius 2 is 0.789 bits per heavy atom. The van der Waals surface area contributed by atoms with Crippen LogP contribution in [-0.4, -0.2) is 125 Å². The number of anilines is 3. The van der Waals surface area contributed by atoms with Gasteiger partial charge in [-0.2, -0.15) is 68.0 Å². The van der Waals surface area contributed by atoms with E-state index in [4.69, 9.17) is 11.6 Å². The molecule has 16 rings (SSSR count). The first-order chi connectivity index (χ1) is 51.6. The molecule has 9 aromatic heterocycles. The summed E-state index contributed by atoms with van der Waals surface area (Å²) in [6, 6.07) is 19.6. The third kappa shape index (κ3) is 14.2. The summed E-state index contributed by atoms with van der Waals surface area (Å²) in [5.74, 6) is -1.59. The van der Waals surface area contributed by atoms with Crippen LogP contribution in [0.5, 0.6) is 0 Å². The van der Waals surface area contributed by atoms with Crippen LogP contribution in [0.1, 0.15) is 121 Å². The first-order valence-corrected chi connectivity index (χ1v) is 33.7. The van der Waals surface area contributed by atoms with Gasteiger partial charge in [-0.05, 0) is 112 Å². The predicted molar refractivity (Wildman–Crippen MR) is 363 cm³/mol. The number of nitrogens with one attached hydrogen (secondary N) is 6. The highest BCUT2D eigenvalue weighted by atomic mass is 35.5. The quantitative estimate of drug-likeness (QED) is 0.0489. The number of fused-ring (bicyclic) bond motifs is 6. The molecule has 12 aromatic rings. The van der Waals surface area contributed by atoms with E-state index in [1.165, 1.54) is 63.3 Å². The third-order valence-corrected chi connectivity index (χ3v) is 19.3. The lowest BCUT2D eigenvalue weighted by molar-refractivity contribution is -0.138. The molecule has 6 N–H and O–H groups in total. The van der Waals surface area contributed by atoms with Crippen molar-refractivity contribution in [2.75, 3.05) is 16.0 Å². The van der Waals surface area contributed by atoms with E-state index in [9.17, 15) is 81.5 Å². The molecule has 4 aliphatic rings. The molecule has 1 fully saturated rings. The van der Waals surface area contributed by atoms with Gasteiger partial charge in [-0.3, -0.25) is 28.8 Å². The lowest BCUT2D eigenvalue weighted by atomic mass is 9.72. The molecule has 562 valence electrons. The van der Waals surface area contributed by atoms with Crippen molar-refractivity contribution < 1.29 is 67.1 Å². The van der Waals surface area contributed by atoms with Crippen LogP contribution in [-0.2, 0) is 56.1 Å². The largest absolute Gasteiger partial charge is 0.416 e. The normalized spacial score (nSPS) is 18.2. The zero-order valence-electron chi connectivity index (χ0n) is 56.4. The Bertz CT molecular complexity index is 5780. The van der Waals surface area contributed by atoms with E-state index in [-0.39, 0.29) is 136 Å². The minimum Gasteiger partial charge on any atom is -0.309 e. The monoisotopic (exact) mass is 1540 g/mol. The van der Waals surface area contributed by atoms with Gasteiger partial charge in [0.25, 0.3) is 16.7 Å². The van der Waals surface area contributed by atoms with Crippen LogP contribution >= 0.6 is 11.6 Å². The molecule has 3 atom stereocenters. The van der Waals surface area contributed by atoms with Crippen LogP contribution in [0.25, 0.3) is 51.5 Å². The van der Waals surface area contributed by atoms with Crippen LogP contribution in [0.15, 0.2) is 131 Å². The number of nitrogens with zero attached hydrogens (tertiary/aromatic N) is 15. The van der Waals surface area contributed by atoms with Gasteiger partial charge < -0.3 is 30.9 Å². The average Bonchev–Trinajstić information content (AvgIpc) is 1.54. The molecular formula is C69H54ClF12N21O6. The Balaban J connectivity index is 0.000000137. The second kappa shape index (κ2) is 27.5. The van der Waals surface area contributed by atoms with Crippen molar-refractivity contribution >= 4 is 63.7 Å².